The van der Waals surface area contributed by atoms with Crippen molar-refractivity contribution in [1.29, 1.82) is 0 Å². The minimum absolute atomic E-state index is 0.231. The molecule has 3 rings (SSSR count). The quantitative estimate of drug-likeness (QED) is 0.782. The molecule has 1 N–H and O–H groups in total. The Morgan fingerprint density at radius 3 is 2.71 bits per heavy atom. The van der Waals surface area contributed by atoms with Crippen molar-refractivity contribution in [2.24, 2.45) is 0 Å². The number of benzene rings is 1. The van der Waals surface area contributed by atoms with Crippen molar-refractivity contribution < 1.29 is 9.59 Å². The van der Waals surface area contributed by atoms with E-state index >= 15 is 0 Å². The van der Waals surface area contributed by atoms with Gasteiger partial charge in [-0.05, 0) is 42.5 Å². The Morgan fingerprint density at radius 1 is 1.18 bits per heavy atom. The number of hydrogen-bond donors (Lipinski definition) is 1. The highest BCUT2D eigenvalue weighted by molar-refractivity contribution is 5.98. The summed E-state index contributed by atoms with van der Waals surface area (Å²) < 4.78 is 0. The summed E-state index contributed by atoms with van der Waals surface area (Å²) in [5.41, 5.74) is 4.31. The van der Waals surface area contributed by atoms with E-state index in [0.29, 0.717) is 12.8 Å². The third-order valence-electron chi connectivity index (χ3n) is 3.50. The van der Waals surface area contributed by atoms with E-state index in [0.717, 1.165) is 37.2 Å². The molecule has 2 amide bonds. The molecule has 2 aliphatic rings. The Balaban J connectivity index is 2.13. The van der Waals surface area contributed by atoms with E-state index < -0.39 is 0 Å². The maximum Gasteiger partial charge on any atom is 0.227 e. The molecule has 4 nitrogen and oxygen atoms in total. The fourth-order valence-electron chi connectivity index (χ4n) is 2.80. The number of carbonyl (C=O) groups is 2. The highest BCUT2D eigenvalue weighted by Gasteiger charge is 2.29. The van der Waals surface area contributed by atoms with Crippen molar-refractivity contribution in [3.63, 3.8) is 0 Å². The van der Waals surface area contributed by atoms with Crippen LogP contribution < -0.4 is 10.2 Å². The van der Waals surface area contributed by atoms with Gasteiger partial charge in [-0.25, -0.2) is 0 Å². The Bertz CT molecular complexity index is 479. The fraction of sp³-hybridized carbons (Fsp3) is 0.385. The van der Waals surface area contributed by atoms with E-state index in [4.69, 9.17) is 0 Å². The van der Waals surface area contributed by atoms with Crippen LogP contribution in [0, 0.1) is 0 Å². The minimum atomic E-state index is 0.231. The molecule has 0 aliphatic carbocycles. The first-order valence-electron chi connectivity index (χ1n) is 5.96. The van der Waals surface area contributed by atoms with E-state index in [9.17, 15) is 9.59 Å². The van der Waals surface area contributed by atoms with Crippen LogP contribution in [0.25, 0.3) is 0 Å². The molecule has 1 aromatic carbocycles. The molecule has 4 heteroatoms. The van der Waals surface area contributed by atoms with Gasteiger partial charge >= 0.3 is 0 Å². The van der Waals surface area contributed by atoms with Crippen molar-refractivity contribution in [2.75, 3.05) is 16.8 Å². The number of carbonyl (C=O) groups excluding carboxylic acids is 2. The molecule has 0 unspecified atom stereocenters. The molecular weight excluding hydrogens is 216 g/mol. The molecule has 0 fully saturated rings. The molecule has 2 heterocycles. The highest BCUT2D eigenvalue weighted by Crippen LogP contribution is 2.37. The third-order valence-corrected chi connectivity index (χ3v) is 3.50. The second kappa shape index (κ2) is 3.87. The second-order valence-corrected chi connectivity index (χ2v) is 4.55. The zero-order valence-corrected chi connectivity index (χ0v) is 9.53. The van der Waals surface area contributed by atoms with Crippen molar-refractivity contribution in [3.8, 4) is 0 Å². The van der Waals surface area contributed by atoms with Gasteiger partial charge in [-0.3, -0.25) is 9.59 Å². The summed E-state index contributed by atoms with van der Waals surface area (Å²) in [5.74, 6) is 0.231. The van der Waals surface area contributed by atoms with Gasteiger partial charge in [0.05, 0.1) is 5.69 Å². The Labute approximate surface area is 99.6 Å². The van der Waals surface area contributed by atoms with Gasteiger partial charge in [0.15, 0.2) is 0 Å². The average Bonchev–Trinajstić information content (AvgIpc) is 2.34. The highest BCUT2D eigenvalue weighted by atomic mass is 16.2. The van der Waals surface area contributed by atoms with E-state index in [2.05, 4.69) is 5.32 Å². The molecule has 0 spiro atoms. The van der Waals surface area contributed by atoms with E-state index in [-0.39, 0.29) is 5.91 Å². The van der Waals surface area contributed by atoms with Crippen LogP contribution in [0.1, 0.15) is 24.0 Å². The molecule has 0 aromatic heterocycles. The first kappa shape index (κ1) is 10.3. The Morgan fingerprint density at radius 2 is 1.94 bits per heavy atom. The van der Waals surface area contributed by atoms with Crippen LogP contribution in [0.5, 0.6) is 0 Å². The molecule has 17 heavy (non-hydrogen) atoms. The summed E-state index contributed by atoms with van der Waals surface area (Å²) >= 11 is 0. The lowest BCUT2D eigenvalue weighted by molar-refractivity contribution is -0.119. The molecule has 1 aromatic rings. The van der Waals surface area contributed by atoms with Gasteiger partial charge in [-0.2, -0.15) is 0 Å². The number of aryl methyl sites for hydroxylation is 2. The van der Waals surface area contributed by atoms with Crippen LogP contribution in [0.2, 0.25) is 0 Å². The summed E-state index contributed by atoms with van der Waals surface area (Å²) in [7, 11) is 0. The molecule has 0 saturated carbocycles. The molecule has 0 bridgehead atoms. The van der Waals surface area contributed by atoms with Gasteiger partial charge in [0.2, 0.25) is 12.3 Å². The minimum Gasteiger partial charge on any atom is -0.329 e. The summed E-state index contributed by atoms with van der Waals surface area (Å²) in [5, 5.41) is 2.70. The first-order chi connectivity index (χ1) is 8.29. The first-order valence-corrected chi connectivity index (χ1v) is 5.96. The van der Waals surface area contributed by atoms with Gasteiger partial charge < -0.3 is 10.2 Å². The normalized spacial score (nSPS) is 17.6. The number of hydrogen-bond acceptors (Lipinski definition) is 2. The van der Waals surface area contributed by atoms with Gasteiger partial charge in [0.1, 0.15) is 0 Å². The number of nitrogens with one attached hydrogen (secondary N) is 1. The lowest BCUT2D eigenvalue weighted by Gasteiger charge is -2.35. The molecule has 0 saturated heterocycles. The van der Waals surface area contributed by atoms with Gasteiger partial charge in [0, 0.05) is 18.7 Å². The predicted molar refractivity (Wildman–Crippen MR) is 65.1 cm³/mol. The van der Waals surface area contributed by atoms with Crippen molar-refractivity contribution in [2.45, 2.75) is 25.7 Å². The lowest BCUT2D eigenvalue weighted by atomic mass is 9.91. The third kappa shape index (κ3) is 1.60. The van der Waals surface area contributed by atoms with Crippen molar-refractivity contribution in [3.05, 3.63) is 23.3 Å². The number of amides is 2. The predicted octanol–water partition coefficient (Wildman–Crippen LogP) is 1.48. The largest absolute Gasteiger partial charge is 0.329 e. The van der Waals surface area contributed by atoms with E-state index in [1.54, 1.807) is 0 Å². The van der Waals surface area contributed by atoms with Crippen LogP contribution in [-0.2, 0) is 22.4 Å². The molecular formula is C13H14N2O2. The lowest BCUT2D eigenvalue weighted by Crippen LogP contribution is -2.39. The van der Waals surface area contributed by atoms with Crippen molar-refractivity contribution >= 4 is 23.7 Å². The fourth-order valence-corrected chi connectivity index (χ4v) is 2.80. The van der Waals surface area contributed by atoms with Crippen LogP contribution >= 0.6 is 0 Å². The molecule has 2 aliphatic heterocycles. The second-order valence-electron chi connectivity index (χ2n) is 4.55. The van der Waals surface area contributed by atoms with Gasteiger partial charge in [-0.1, -0.05) is 0 Å². The Hall–Kier alpha value is -1.84. The number of rotatable bonds is 2. The maximum absolute atomic E-state index is 11.8. The van der Waals surface area contributed by atoms with Gasteiger partial charge in [0.25, 0.3) is 0 Å². The molecule has 0 atom stereocenters. The topological polar surface area (TPSA) is 49.4 Å². The number of nitrogens with zero attached hydrogens (tertiary/aromatic N) is 1. The van der Waals surface area contributed by atoms with Crippen LogP contribution in [0.3, 0.4) is 0 Å². The summed E-state index contributed by atoms with van der Waals surface area (Å²) in [4.78, 5) is 24.2. The summed E-state index contributed by atoms with van der Waals surface area (Å²) in [6.07, 6.45) is 4.05. The summed E-state index contributed by atoms with van der Waals surface area (Å²) in [6.45, 7) is 0.833. The average molecular weight is 230 g/mol. The maximum atomic E-state index is 11.8. The molecule has 0 radical (unpaired) electrons. The summed E-state index contributed by atoms with van der Waals surface area (Å²) in [6, 6.07) is 3.97. The number of anilines is 2. The van der Waals surface area contributed by atoms with E-state index in [1.165, 1.54) is 11.1 Å². The van der Waals surface area contributed by atoms with Crippen LogP contribution in [0.4, 0.5) is 11.4 Å². The Kier molecular flexibility index (Phi) is 2.35. The van der Waals surface area contributed by atoms with Crippen LogP contribution in [0.15, 0.2) is 12.1 Å². The smallest absolute Gasteiger partial charge is 0.227 e. The van der Waals surface area contributed by atoms with Crippen molar-refractivity contribution in [1.82, 2.24) is 0 Å². The monoisotopic (exact) mass is 230 g/mol. The zero-order valence-electron chi connectivity index (χ0n) is 9.53. The van der Waals surface area contributed by atoms with Gasteiger partial charge in [-0.15, -0.1) is 0 Å². The molecule has 88 valence electrons. The standard InChI is InChI=1S/C13H14N2O2/c16-8-14-11-6-9-2-1-5-15-12(17)4-3-10(7-11)13(9)15/h6-8H,1-5H2,(H,14,16). The zero-order chi connectivity index (χ0) is 11.8. The van der Waals surface area contributed by atoms with Crippen LogP contribution in [-0.4, -0.2) is 18.9 Å². The van der Waals surface area contributed by atoms with E-state index in [1.807, 2.05) is 17.0 Å². The SMILES string of the molecule is O=CNc1cc2c3c(c1)CCC(=O)N3CCC2.